The fraction of sp³-hybridized carbons (Fsp3) is 0.575. The molecule has 0 spiro atoms. The van der Waals surface area contributed by atoms with Crippen LogP contribution in [0.5, 0.6) is 0 Å². The molecule has 3 aromatic carbocycles. The van der Waals surface area contributed by atoms with Gasteiger partial charge < -0.3 is 38.4 Å². The van der Waals surface area contributed by atoms with Gasteiger partial charge in [-0.3, -0.25) is 24.2 Å². The molecular weight excluding hydrogens is 1470 g/mol. The first kappa shape index (κ1) is 89.8. The first-order valence-electron chi connectivity index (χ1n) is 36.4. The van der Waals surface area contributed by atoms with E-state index in [0.29, 0.717) is 82.4 Å². The quantitative estimate of drug-likeness (QED) is 0.0474. The topological polar surface area (TPSA) is 230 Å². The second kappa shape index (κ2) is 43.2. The minimum absolute atomic E-state index is 0. The summed E-state index contributed by atoms with van der Waals surface area (Å²) in [6.07, 6.45) is 17.8. The summed E-state index contributed by atoms with van der Waals surface area (Å²) in [5, 5.41) is 13.1. The molecule has 2 radical (unpaired) electrons. The van der Waals surface area contributed by atoms with Gasteiger partial charge in [-0.2, -0.15) is 0 Å². The molecule has 6 fully saturated rings. The fourth-order valence-corrected chi connectivity index (χ4v) is 15.0. The Bertz CT molecular complexity index is 4160. The number of hydrogen-bond acceptors (Lipinski definition) is 15. The van der Waals surface area contributed by atoms with Crippen molar-refractivity contribution in [2.24, 2.45) is 35.5 Å². The molecule has 12 rings (SSSR count). The monoisotopic (exact) mass is 1580 g/mol. The number of para-hydroxylation sites is 6. The van der Waals surface area contributed by atoms with Gasteiger partial charge in [0.1, 0.15) is 6.29 Å². The van der Waals surface area contributed by atoms with E-state index in [9.17, 15) is 38.7 Å². The van der Waals surface area contributed by atoms with E-state index in [1.165, 1.54) is 0 Å². The van der Waals surface area contributed by atoms with Crippen LogP contribution in [0, 0.1) is 71.5 Å². The van der Waals surface area contributed by atoms with Crippen LogP contribution in [0.15, 0.2) is 87.2 Å². The molecule has 9 heterocycles. The molecule has 19 nitrogen and oxygen atoms in total. The Kier molecular flexibility index (Phi) is 37.3. The number of fused-ring (bicyclic) bond motifs is 9. The summed E-state index contributed by atoms with van der Waals surface area (Å²) in [6.45, 7) is 29.0. The number of rotatable bonds is 13. The number of carboxylic acids is 1. The summed E-state index contributed by atoms with van der Waals surface area (Å²) in [7, 11) is 3.75. The van der Waals surface area contributed by atoms with Crippen LogP contribution in [0.3, 0.4) is 0 Å². The number of carbonyl (C=O) groups is 4. The van der Waals surface area contributed by atoms with E-state index in [4.69, 9.17) is 17.2 Å². The van der Waals surface area contributed by atoms with Crippen molar-refractivity contribution < 1.29 is 48.0 Å². The van der Waals surface area contributed by atoms with E-state index in [-0.39, 0.29) is 104 Å². The van der Waals surface area contributed by atoms with Gasteiger partial charge in [0.25, 0.3) is 16.7 Å². The Hall–Kier alpha value is -6.64. The van der Waals surface area contributed by atoms with Crippen LogP contribution in [-0.2, 0) is 28.5 Å². The Morgan fingerprint density at radius 3 is 1.11 bits per heavy atom. The Morgan fingerprint density at radius 2 is 0.837 bits per heavy atom. The van der Waals surface area contributed by atoms with Crippen molar-refractivity contribution in [2.75, 3.05) is 13.2 Å². The number of carbonyl (C=O) groups excluding carboxylic acids is 3. The van der Waals surface area contributed by atoms with Gasteiger partial charge in [-0.25, -0.2) is 29.3 Å². The van der Waals surface area contributed by atoms with E-state index in [1.54, 1.807) is 29.0 Å². The molecule has 24 heteroatoms. The second-order valence-electron chi connectivity index (χ2n) is 28.8. The standard InChI is InChI=1S/C27H35N3O3.C25H31N3O3.C18H21N3O3.C5H8.C4H8O.CH4.BH.BrH.2ClH.Cu/c1-6-33-27(32)25-26(31)30(24-10-8-7-9-22(24)28-25)21-15-19-12-13-20(16-21)29(19)23(18(4)5)14-11-17(2)3;1-15(2)9-12-21(16(3)4)27-17-10-11-18(27)14-19(13-17)28-22-8-6-5-7-20(22)26-23(24(28)29)25(30)31;1-2-24-18(23)16-17(22)21(15-6-4-3-5-14(15)20-16)13-9-11-7-8-12(10-13)19-11;1-4-5(2)3;1-4(2)3-5;;;;;;/h7-10,17-21,23H,6,12-13,15-16H2,1-5H3;5-8,15-19,21H,10-11,13-14H2,1-4H3,(H,30,31);3-6,11-13,19H,2,7-10H2,1H3;1,5H,2-3H3;3-4H,1-2H3;1H4;4*1H;/q;;;;;;;;;;+1/p-1/t19-,20+,21?,23?;17-,18+,19?,21?;11-,12+,13?;;;;;;;;/i;;;;;;1T;;;;. The number of carboxylic acid groups (broad SMARTS) is 1. The number of halogens is 3. The predicted octanol–water partition coefficient (Wildman–Crippen LogP) is 14.2. The summed E-state index contributed by atoms with van der Waals surface area (Å²) in [5.74, 6) is 16.0. The Labute approximate surface area is 647 Å². The van der Waals surface area contributed by atoms with Crippen molar-refractivity contribution in [3.8, 4) is 36.0 Å². The number of terminal acetylenes is 1. The molecule has 3 aromatic heterocycles. The number of aldehydes is 1. The average molecular weight is 1580 g/mol. The van der Waals surface area contributed by atoms with Crippen molar-refractivity contribution >= 4 is 105 Å². The zero-order valence-corrected chi connectivity index (χ0v) is 66.2. The van der Waals surface area contributed by atoms with Gasteiger partial charge in [-0.1, -0.05) is 151 Å². The van der Waals surface area contributed by atoms with Crippen molar-refractivity contribution in [3.63, 3.8) is 0 Å². The molecule has 0 amide bonds. The number of benzene rings is 3. The molecule has 6 bridgehead atoms. The zero-order chi connectivity index (χ0) is 75.2. The van der Waals surface area contributed by atoms with Crippen LogP contribution in [0.4, 0.5) is 0 Å². The van der Waals surface area contributed by atoms with E-state index < -0.39 is 29.2 Å². The number of nitrogens with zero attached hydrogens (tertiary/aromatic N) is 8. The molecule has 104 heavy (non-hydrogen) atoms. The van der Waals surface area contributed by atoms with Gasteiger partial charge in [-0.15, -0.1) is 37.2 Å². The van der Waals surface area contributed by atoms with Crippen molar-refractivity contribution in [1.82, 2.24) is 43.8 Å². The Morgan fingerprint density at radius 1 is 0.548 bits per heavy atom. The normalized spacial score (nSPS) is 21.6. The molecule has 6 saturated heterocycles. The number of esters is 2. The van der Waals surface area contributed by atoms with Crippen molar-refractivity contribution in [3.05, 3.63) is 121 Å². The van der Waals surface area contributed by atoms with Crippen LogP contribution >= 0.6 is 38.9 Å². The van der Waals surface area contributed by atoms with E-state index in [1.807, 2.05) is 99.0 Å². The van der Waals surface area contributed by atoms with E-state index in [0.717, 1.165) is 99.9 Å². The van der Waals surface area contributed by atoms with Crippen LogP contribution in [0.2, 0.25) is 0 Å². The van der Waals surface area contributed by atoms with Gasteiger partial charge >= 0.3 is 46.2 Å². The van der Waals surface area contributed by atoms with Gasteiger partial charge in [0.2, 0.25) is 17.1 Å². The number of nitrogens with one attached hydrogen (secondary N) is 1. The third kappa shape index (κ3) is 22.7. The molecule has 6 aromatic rings. The summed E-state index contributed by atoms with van der Waals surface area (Å²) >= 11 is 6.50. The Balaban J connectivity index is 0.000000372. The first-order chi connectivity index (χ1) is 48.8. The molecule has 11 atom stereocenters. The number of aromatic carboxylic acids is 1. The molecule has 5 unspecified atom stereocenters. The zero-order valence-electron chi connectivity index (χ0n) is 63.1. The SMILES string of the molecule is C.C#CC(C)C.CC(C)C#CC(C(C)C)N1[C@@H]2CC[C@H]1CC(n1c(=O)c(C(=O)O)nc3ccccc31)C2.CC(C)C=O.CCOC(=O)c1nc2ccccc2n(C2C[C@H]3CC[C@@H](C2)N3)c1=O.CCOC(=O)c1nc2ccccc2n(C2C[C@H]3CC[C@@H](C2)N3C(C#CC(C)C)C(C)C)c1=O.Cl.Cl.[3H][B].[Cu][Br]. The summed E-state index contributed by atoms with van der Waals surface area (Å²) in [5.41, 5.74) is 2.37. The second-order valence-corrected chi connectivity index (χ2v) is 28.8. The average Bonchev–Trinajstić information content (AvgIpc) is 1.74. The van der Waals surface area contributed by atoms with Crippen LogP contribution < -0.4 is 22.0 Å². The fourth-order valence-electron chi connectivity index (χ4n) is 15.0. The van der Waals surface area contributed by atoms with Crippen molar-refractivity contribution in [2.45, 2.75) is 248 Å². The molecule has 0 aliphatic carbocycles. The molecule has 2 N–H and O–H groups in total. The van der Waals surface area contributed by atoms with Crippen LogP contribution in [0.25, 0.3) is 33.1 Å². The molecule has 570 valence electrons. The van der Waals surface area contributed by atoms with Gasteiger partial charge in [0.15, 0.2) is 0 Å². The third-order valence-corrected chi connectivity index (χ3v) is 19.1. The predicted molar refractivity (Wildman–Crippen MR) is 423 cm³/mol. The van der Waals surface area contributed by atoms with Gasteiger partial charge in [0.05, 0.1) is 58.4 Å². The van der Waals surface area contributed by atoms with Crippen molar-refractivity contribution in [1.29, 1.82) is 1.34 Å². The van der Waals surface area contributed by atoms with Gasteiger partial charge in [0, 0.05) is 86.4 Å². The molecular formula is C80H110BBrCl2CuN9O10. The minimum atomic E-state index is -1.27. The summed E-state index contributed by atoms with van der Waals surface area (Å²) in [6, 6.07) is 25.3. The van der Waals surface area contributed by atoms with E-state index >= 15 is 0 Å². The summed E-state index contributed by atoms with van der Waals surface area (Å²) < 4.78 is 20.7. The van der Waals surface area contributed by atoms with Crippen LogP contribution in [0.1, 0.15) is 231 Å². The number of piperidine rings is 3. The van der Waals surface area contributed by atoms with Gasteiger partial charge in [-0.05, 0) is 140 Å². The summed E-state index contributed by atoms with van der Waals surface area (Å²) in [4.78, 5) is 104. The first-order valence-corrected chi connectivity index (χ1v) is 38.1. The number of ether oxygens (including phenoxy) is 2. The molecule has 0 saturated carbocycles. The molecule has 6 aliphatic rings. The number of aromatic nitrogens is 6. The maximum absolute atomic E-state index is 13.5. The van der Waals surface area contributed by atoms with Crippen LogP contribution in [-0.4, -0.2) is 139 Å². The van der Waals surface area contributed by atoms with E-state index in [2.05, 4.69) is 152 Å². The number of hydrogen-bond donors (Lipinski definition) is 2. The maximum atomic E-state index is 13.5. The third-order valence-electron chi connectivity index (χ3n) is 19.1. The molecule has 6 aliphatic heterocycles.